The molecule has 0 aliphatic carbocycles. The van der Waals surface area contributed by atoms with Gasteiger partial charge in [0.15, 0.2) is 5.76 Å². The van der Waals surface area contributed by atoms with Crippen LogP contribution in [0.5, 0.6) is 0 Å². The molecular formula is C21H31NO7S. The van der Waals surface area contributed by atoms with Crippen molar-refractivity contribution in [2.24, 2.45) is 0 Å². The molecule has 0 N–H and O–H groups in total. The Kier molecular flexibility index (Phi) is 7.49. The van der Waals surface area contributed by atoms with Gasteiger partial charge >= 0.3 is 17.9 Å². The van der Waals surface area contributed by atoms with E-state index in [0.717, 1.165) is 5.57 Å². The lowest BCUT2D eigenvalue weighted by molar-refractivity contribution is -0.148. The van der Waals surface area contributed by atoms with Gasteiger partial charge in [-0.25, -0.2) is 14.4 Å². The van der Waals surface area contributed by atoms with Gasteiger partial charge < -0.3 is 23.2 Å². The largest absolute Gasteiger partial charge is 0.519 e. The summed E-state index contributed by atoms with van der Waals surface area (Å²) in [6, 6.07) is 0. The first-order valence-corrected chi connectivity index (χ1v) is 10.9. The van der Waals surface area contributed by atoms with Crippen LogP contribution >= 0.6 is 11.8 Å². The van der Waals surface area contributed by atoms with E-state index in [2.05, 4.69) is 0 Å². The van der Waals surface area contributed by atoms with Crippen molar-refractivity contribution in [3.05, 3.63) is 33.8 Å². The minimum absolute atomic E-state index is 0.0455. The first kappa shape index (κ1) is 24.1. The third kappa shape index (κ3) is 7.59. The molecule has 1 atom stereocenters. The topological polar surface area (TPSA) is 99.2 Å². The molecule has 0 saturated carbocycles. The lowest BCUT2D eigenvalue weighted by Crippen LogP contribution is -2.43. The van der Waals surface area contributed by atoms with Gasteiger partial charge in [-0.2, -0.15) is 0 Å². The molecule has 8 nitrogen and oxygen atoms in total. The zero-order valence-corrected chi connectivity index (χ0v) is 19.5. The average molecular weight is 442 g/mol. The van der Waals surface area contributed by atoms with Crippen LogP contribution in [-0.2, 0) is 20.0 Å². The minimum atomic E-state index is -0.729. The molecule has 0 bridgehead atoms. The monoisotopic (exact) mass is 441 g/mol. The third-order valence-corrected chi connectivity index (χ3v) is 5.43. The number of thioether (sulfide) groups is 1. The molecule has 1 saturated heterocycles. The summed E-state index contributed by atoms with van der Waals surface area (Å²) in [5.41, 5.74) is -0.461. The number of nitrogens with zero attached hydrogens (tertiary/aromatic N) is 1. The molecule has 0 aromatic carbocycles. The van der Waals surface area contributed by atoms with Crippen LogP contribution in [0.15, 0.2) is 25.3 Å². The quantitative estimate of drug-likeness (QED) is 0.510. The predicted molar refractivity (Wildman–Crippen MR) is 113 cm³/mol. The number of carbonyl (C=O) groups excluding carboxylic acids is 2. The van der Waals surface area contributed by atoms with Gasteiger partial charge in [0, 0.05) is 24.4 Å². The summed E-state index contributed by atoms with van der Waals surface area (Å²) < 4.78 is 20.8. The van der Waals surface area contributed by atoms with E-state index in [0.29, 0.717) is 30.2 Å². The van der Waals surface area contributed by atoms with Gasteiger partial charge in [-0.1, -0.05) is 0 Å². The van der Waals surface area contributed by atoms with Gasteiger partial charge in [-0.3, -0.25) is 0 Å². The molecule has 1 aliphatic rings. The SMILES string of the molecule is Cc1oc(=O)oc1CSC1CCN(C(=O)OC(C)(C)C)C/C1=C\C(=O)OC(C)(C)C. The van der Waals surface area contributed by atoms with Crippen LogP contribution < -0.4 is 5.82 Å². The van der Waals surface area contributed by atoms with Crippen molar-refractivity contribution in [3.63, 3.8) is 0 Å². The van der Waals surface area contributed by atoms with Crippen LogP contribution in [-0.4, -0.2) is 46.5 Å². The van der Waals surface area contributed by atoms with Gasteiger partial charge in [0.25, 0.3) is 0 Å². The molecule has 1 aromatic rings. The number of amides is 1. The Morgan fingerprint density at radius 2 is 1.77 bits per heavy atom. The molecule has 168 valence electrons. The Morgan fingerprint density at radius 1 is 1.13 bits per heavy atom. The van der Waals surface area contributed by atoms with E-state index >= 15 is 0 Å². The molecule has 9 heteroatoms. The zero-order valence-electron chi connectivity index (χ0n) is 18.7. The fraction of sp³-hybridized carbons (Fsp3) is 0.667. The van der Waals surface area contributed by atoms with Gasteiger partial charge in [0.2, 0.25) is 0 Å². The first-order valence-electron chi connectivity index (χ1n) is 9.86. The molecule has 1 aliphatic heterocycles. The molecule has 1 fully saturated rings. The second kappa shape index (κ2) is 9.32. The highest BCUT2D eigenvalue weighted by Crippen LogP contribution is 2.32. The highest BCUT2D eigenvalue weighted by atomic mass is 32.2. The number of rotatable bonds is 4. The van der Waals surface area contributed by atoms with E-state index in [1.54, 1.807) is 32.6 Å². The van der Waals surface area contributed by atoms with E-state index in [4.69, 9.17) is 18.3 Å². The molecule has 2 rings (SSSR count). The third-order valence-electron chi connectivity index (χ3n) is 4.06. The van der Waals surface area contributed by atoms with Crippen molar-refractivity contribution in [3.8, 4) is 0 Å². The van der Waals surface area contributed by atoms with Crippen LogP contribution in [0.2, 0.25) is 0 Å². The number of aryl methyl sites for hydroxylation is 1. The van der Waals surface area contributed by atoms with Crippen molar-refractivity contribution in [2.75, 3.05) is 13.1 Å². The van der Waals surface area contributed by atoms with Crippen LogP contribution in [0.4, 0.5) is 4.79 Å². The fourth-order valence-electron chi connectivity index (χ4n) is 2.84. The Balaban J connectivity index is 2.16. The van der Waals surface area contributed by atoms with E-state index in [-0.39, 0.29) is 11.8 Å². The van der Waals surface area contributed by atoms with Crippen molar-refractivity contribution in [2.45, 2.75) is 77.1 Å². The maximum Gasteiger partial charge on any atom is 0.519 e. The van der Waals surface area contributed by atoms with Gasteiger partial charge in [0.1, 0.15) is 17.0 Å². The summed E-state index contributed by atoms with van der Waals surface area (Å²) in [6.45, 7) is 13.3. The van der Waals surface area contributed by atoms with Crippen molar-refractivity contribution in [1.82, 2.24) is 4.90 Å². The second-order valence-electron chi connectivity index (χ2n) is 9.18. The van der Waals surface area contributed by atoms with Crippen LogP contribution in [0.1, 0.15) is 59.5 Å². The highest BCUT2D eigenvalue weighted by molar-refractivity contribution is 7.99. The smallest absolute Gasteiger partial charge is 0.457 e. The molecule has 1 unspecified atom stereocenters. The van der Waals surface area contributed by atoms with Gasteiger partial charge in [-0.15, -0.1) is 11.8 Å². The van der Waals surface area contributed by atoms with Crippen molar-refractivity contribution >= 4 is 23.8 Å². The van der Waals surface area contributed by atoms with E-state index in [1.165, 1.54) is 17.8 Å². The van der Waals surface area contributed by atoms with Crippen LogP contribution in [0.25, 0.3) is 0 Å². The van der Waals surface area contributed by atoms with Crippen molar-refractivity contribution < 1.29 is 27.9 Å². The standard InChI is InChI=1S/C21H31NO7S/c1-13-15(27-19(25)26-13)12-30-16-8-9-22(18(24)29-21(5,6)7)11-14(16)10-17(23)28-20(2,3)4/h10,16H,8-9,11-12H2,1-7H3/b14-10+. The van der Waals surface area contributed by atoms with Crippen LogP contribution in [0.3, 0.4) is 0 Å². The normalized spacial score (nSPS) is 19.1. The Hall–Kier alpha value is -2.16. The van der Waals surface area contributed by atoms with Gasteiger partial charge in [0.05, 0.1) is 5.75 Å². The molecule has 1 amide bonds. The predicted octanol–water partition coefficient (Wildman–Crippen LogP) is 4.05. The molecular weight excluding hydrogens is 410 g/mol. The number of esters is 1. The van der Waals surface area contributed by atoms with E-state index in [1.807, 2.05) is 20.8 Å². The summed E-state index contributed by atoms with van der Waals surface area (Å²) >= 11 is 1.53. The molecule has 0 radical (unpaired) electrons. The molecule has 1 aromatic heterocycles. The van der Waals surface area contributed by atoms with Crippen molar-refractivity contribution in [1.29, 1.82) is 0 Å². The Morgan fingerprint density at radius 3 is 2.30 bits per heavy atom. The van der Waals surface area contributed by atoms with Crippen LogP contribution in [0, 0.1) is 6.92 Å². The Bertz CT molecular complexity index is 854. The first-order chi connectivity index (χ1) is 13.7. The number of ether oxygens (including phenoxy) is 2. The summed E-state index contributed by atoms with van der Waals surface area (Å²) in [5.74, 6) is 0.139. The number of carbonyl (C=O) groups is 2. The summed E-state index contributed by atoms with van der Waals surface area (Å²) in [7, 11) is 0. The highest BCUT2D eigenvalue weighted by Gasteiger charge is 2.31. The molecule has 0 spiro atoms. The molecule has 2 heterocycles. The maximum atomic E-state index is 12.5. The maximum absolute atomic E-state index is 12.5. The molecule has 30 heavy (non-hydrogen) atoms. The minimum Gasteiger partial charge on any atom is -0.457 e. The average Bonchev–Trinajstić information content (AvgIpc) is 2.87. The lowest BCUT2D eigenvalue weighted by Gasteiger charge is -2.35. The lowest BCUT2D eigenvalue weighted by atomic mass is 10.0. The van der Waals surface area contributed by atoms with Gasteiger partial charge in [-0.05, 0) is 60.5 Å². The number of hydrogen-bond donors (Lipinski definition) is 0. The summed E-state index contributed by atoms with van der Waals surface area (Å²) in [5, 5.41) is -0.0455. The number of hydrogen-bond acceptors (Lipinski definition) is 8. The number of likely N-dealkylation sites (tertiary alicyclic amines) is 1. The fourth-order valence-corrected chi connectivity index (χ4v) is 4.08. The second-order valence-corrected chi connectivity index (χ2v) is 10.4. The van der Waals surface area contributed by atoms with E-state index < -0.39 is 29.1 Å². The number of piperidine rings is 1. The summed E-state index contributed by atoms with van der Waals surface area (Å²) in [6.07, 6.45) is 1.66. The van der Waals surface area contributed by atoms with E-state index in [9.17, 15) is 14.4 Å². The zero-order chi connectivity index (χ0) is 22.7. The Labute approximate surface area is 180 Å². The summed E-state index contributed by atoms with van der Waals surface area (Å²) in [4.78, 5) is 37.7.